The van der Waals surface area contributed by atoms with Gasteiger partial charge >= 0.3 is 0 Å². The number of para-hydroxylation sites is 1. The third kappa shape index (κ3) is 2.25. The molecule has 0 saturated carbocycles. The van der Waals surface area contributed by atoms with Gasteiger partial charge in [0, 0.05) is 0 Å². The van der Waals surface area contributed by atoms with Crippen molar-refractivity contribution < 1.29 is 5.11 Å². The van der Waals surface area contributed by atoms with Crippen molar-refractivity contribution >= 4 is 11.4 Å². The van der Waals surface area contributed by atoms with Crippen molar-refractivity contribution in [2.24, 2.45) is 10.2 Å². The fourth-order valence-electron chi connectivity index (χ4n) is 1.33. The van der Waals surface area contributed by atoms with Crippen LogP contribution in [0.4, 0.5) is 11.4 Å². The predicted molar refractivity (Wildman–Crippen MR) is 63.5 cm³/mol. The SMILES string of the molecule is Cc1ccccc1N=Nc1ccccc1O. The van der Waals surface area contributed by atoms with E-state index in [9.17, 15) is 5.11 Å². The number of phenols is 1. The van der Waals surface area contributed by atoms with E-state index >= 15 is 0 Å². The number of rotatable bonds is 2. The van der Waals surface area contributed by atoms with E-state index in [1.54, 1.807) is 18.2 Å². The van der Waals surface area contributed by atoms with Crippen LogP contribution < -0.4 is 0 Å². The van der Waals surface area contributed by atoms with E-state index in [1.165, 1.54) is 0 Å². The molecule has 0 aliphatic heterocycles. The molecule has 0 unspecified atom stereocenters. The molecule has 3 nitrogen and oxygen atoms in total. The summed E-state index contributed by atoms with van der Waals surface area (Å²) in [7, 11) is 0. The monoisotopic (exact) mass is 212 g/mol. The summed E-state index contributed by atoms with van der Waals surface area (Å²) in [5.41, 5.74) is 2.35. The summed E-state index contributed by atoms with van der Waals surface area (Å²) < 4.78 is 0. The topological polar surface area (TPSA) is 45.0 Å². The van der Waals surface area contributed by atoms with Crippen LogP contribution in [-0.2, 0) is 0 Å². The van der Waals surface area contributed by atoms with E-state index in [0.29, 0.717) is 5.69 Å². The molecule has 0 aliphatic rings. The first-order valence-corrected chi connectivity index (χ1v) is 5.03. The first kappa shape index (κ1) is 10.4. The highest BCUT2D eigenvalue weighted by Crippen LogP contribution is 2.27. The predicted octanol–water partition coefficient (Wildman–Crippen LogP) is 4.12. The Morgan fingerprint density at radius 2 is 1.38 bits per heavy atom. The van der Waals surface area contributed by atoms with Gasteiger partial charge in [-0.25, -0.2) is 0 Å². The van der Waals surface area contributed by atoms with Gasteiger partial charge in [0.1, 0.15) is 11.4 Å². The van der Waals surface area contributed by atoms with Gasteiger partial charge in [-0.3, -0.25) is 0 Å². The largest absolute Gasteiger partial charge is 0.506 e. The molecule has 0 amide bonds. The first-order chi connectivity index (χ1) is 7.77. The van der Waals surface area contributed by atoms with Gasteiger partial charge in [0.2, 0.25) is 0 Å². The standard InChI is InChI=1S/C13H12N2O/c1-10-6-2-3-7-11(10)14-15-12-8-4-5-9-13(12)16/h2-9,16H,1H3. The van der Waals surface area contributed by atoms with E-state index in [0.717, 1.165) is 11.3 Å². The van der Waals surface area contributed by atoms with E-state index in [2.05, 4.69) is 10.2 Å². The van der Waals surface area contributed by atoms with Gasteiger partial charge in [-0.15, -0.1) is 5.11 Å². The normalized spacial score (nSPS) is 10.8. The van der Waals surface area contributed by atoms with E-state index in [4.69, 9.17) is 0 Å². The van der Waals surface area contributed by atoms with Crippen molar-refractivity contribution in [2.45, 2.75) is 6.92 Å². The van der Waals surface area contributed by atoms with Gasteiger partial charge in [0.15, 0.2) is 0 Å². The molecular formula is C13H12N2O. The maximum absolute atomic E-state index is 9.50. The zero-order valence-corrected chi connectivity index (χ0v) is 8.96. The van der Waals surface area contributed by atoms with Crippen LogP contribution in [0, 0.1) is 6.92 Å². The van der Waals surface area contributed by atoms with Crippen LogP contribution in [0.3, 0.4) is 0 Å². The number of hydrogen-bond donors (Lipinski definition) is 1. The summed E-state index contributed by atoms with van der Waals surface area (Å²) >= 11 is 0. The lowest BCUT2D eigenvalue weighted by atomic mass is 10.2. The fourth-order valence-corrected chi connectivity index (χ4v) is 1.33. The van der Waals surface area contributed by atoms with Crippen molar-refractivity contribution in [3.05, 3.63) is 54.1 Å². The average molecular weight is 212 g/mol. The number of hydrogen-bond acceptors (Lipinski definition) is 3. The van der Waals surface area contributed by atoms with Crippen LogP contribution in [0.5, 0.6) is 5.75 Å². The Balaban J connectivity index is 2.29. The van der Waals surface area contributed by atoms with Gasteiger partial charge < -0.3 is 5.11 Å². The summed E-state index contributed by atoms with van der Waals surface area (Å²) in [6, 6.07) is 14.6. The van der Waals surface area contributed by atoms with E-state index in [-0.39, 0.29) is 5.75 Å². The minimum absolute atomic E-state index is 0.139. The van der Waals surface area contributed by atoms with Crippen molar-refractivity contribution in [1.29, 1.82) is 0 Å². The molecular weight excluding hydrogens is 200 g/mol. The van der Waals surface area contributed by atoms with Gasteiger partial charge in [0.05, 0.1) is 5.69 Å². The third-order valence-corrected chi connectivity index (χ3v) is 2.26. The lowest BCUT2D eigenvalue weighted by molar-refractivity contribution is 0.476. The Hall–Kier alpha value is -2.16. The van der Waals surface area contributed by atoms with Crippen molar-refractivity contribution in [2.75, 3.05) is 0 Å². The second-order valence-corrected chi connectivity index (χ2v) is 3.48. The Labute approximate surface area is 94.1 Å². The van der Waals surface area contributed by atoms with Crippen LogP contribution >= 0.6 is 0 Å². The molecule has 1 N–H and O–H groups in total. The fraction of sp³-hybridized carbons (Fsp3) is 0.0769. The van der Waals surface area contributed by atoms with Gasteiger partial charge in [-0.05, 0) is 30.7 Å². The number of aryl methyl sites for hydroxylation is 1. The number of nitrogens with zero attached hydrogens (tertiary/aromatic N) is 2. The molecule has 0 saturated heterocycles. The Morgan fingerprint density at radius 1 is 0.812 bits per heavy atom. The summed E-state index contributed by atoms with van der Waals surface area (Å²) in [5, 5.41) is 17.6. The van der Waals surface area contributed by atoms with Crippen LogP contribution in [0.1, 0.15) is 5.56 Å². The Kier molecular flexibility index (Phi) is 2.96. The molecule has 2 aromatic rings. The Morgan fingerprint density at radius 3 is 2.06 bits per heavy atom. The average Bonchev–Trinajstić information content (AvgIpc) is 2.30. The van der Waals surface area contributed by atoms with Crippen molar-refractivity contribution in [3.8, 4) is 5.75 Å². The summed E-state index contributed by atoms with van der Waals surface area (Å²) in [4.78, 5) is 0. The summed E-state index contributed by atoms with van der Waals surface area (Å²) in [6.45, 7) is 1.97. The quantitative estimate of drug-likeness (QED) is 0.748. The summed E-state index contributed by atoms with van der Waals surface area (Å²) in [5.74, 6) is 0.139. The molecule has 3 heteroatoms. The smallest absolute Gasteiger partial charge is 0.143 e. The highest BCUT2D eigenvalue weighted by Gasteiger charge is 1.97. The molecule has 2 aromatic carbocycles. The zero-order valence-electron chi connectivity index (χ0n) is 8.96. The van der Waals surface area contributed by atoms with Gasteiger partial charge in [-0.1, -0.05) is 30.3 Å². The molecule has 80 valence electrons. The van der Waals surface area contributed by atoms with Crippen molar-refractivity contribution in [1.82, 2.24) is 0 Å². The molecule has 0 radical (unpaired) electrons. The lowest BCUT2D eigenvalue weighted by Gasteiger charge is -1.98. The number of azo groups is 1. The molecule has 0 atom stereocenters. The molecule has 0 heterocycles. The van der Waals surface area contributed by atoms with Crippen LogP contribution in [0.2, 0.25) is 0 Å². The van der Waals surface area contributed by atoms with Crippen LogP contribution in [-0.4, -0.2) is 5.11 Å². The van der Waals surface area contributed by atoms with Crippen molar-refractivity contribution in [3.63, 3.8) is 0 Å². The van der Waals surface area contributed by atoms with Crippen LogP contribution in [0.15, 0.2) is 58.8 Å². The maximum Gasteiger partial charge on any atom is 0.143 e. The minimum Gasteiger partial charge on any atom is -0.506 e. The van der Waals surface area contributed by atoms with E-state index < -0.39 is 0 Å². The van der Waals surface area contributed by atoms with Gasteiger partial charge in [0.25, 0.3) is 0 Å². The molecule has 16 heavy (non-hydrogen) atoms. The van der Waals surface area contributed by atoms with Gasteiger partial charge in [-0.2, -0.15) is 5.11 Å². The third-order valence-electron chi connectivity index (χ3n) is 2.26. The second kappa shape index (κ2) is 4.57. The number of aromatic hydroxyl groups is 1. The molecule has 0 spiro atoms. The molecule has 0 fully saturated rings. The molecule has 2 rings (SSSR count). The molecule has 0 bridgehead atoms. The minimum atomic E-state index is 0.139. The highest BCUT2D eigenvalue weighted by molar-refractivity contribution is 5.51. The Bertz CT molecular complexity index is 473. The number of phenolic OH excluding ortho intramolecular Hbond substituents is 1. The lowest BCUT2D eigenvalue weighted by Crippen LogP contribution is -1.71. The molecule has 0 aromatic heterocycles. The maximum atomic E-state index is 9.50. The van der Waals surface area contributed by atoms with Crippen LogP contribution in [0.25, 0.3) is 0 Å². The summed E-state index contributed by atoms with van der Waals surface area (Å²) in [6.07, 6.45) is 0. The second-order valence-electron chi connectivity index (χ2n) is 3.48. The number of benzene rings is 2. The molecule has 0 aliphatic carbocycles. The van der Waals surface area contributed by atoms with E-state index in [1.807, 2.05) is 37.3 Å². The first-order valence-electron chi connectivity index (χ1n) is 5.03. The zero-order chi connectivity index (χ0) is 11.4. The highest BCUT2D eigenvalue weighted by atomic mass is 16.3.